The summed E-state index contributed by atoms with van der Waals surface area (Å²) in [5.74, 6) is 0.122. The van der Waals surface area contributed by atoms with Gasteiger partial charge >= 0.3 is 0 Å². The van der Waals surface area contributed by atoms with E-state index in [1.807, 2.05) is 6.07 Å². The molecule has 28 heavy (non-hydrogen) atoms. The van der Waals surface area contributed by atoms with Crippen LogP contribution in [0.3, 0.4) is 0 Å². The van der Waals surface area contributed by atoms with Crippen molar-refractivity contribution in [2.45, 2.75) is 50.3 Å². The highest BCUT2D eigenvalue weighted by Gasteiger charge is 2.47. The van der Waals surface area contributed by atoms with E-state index >= 15 is 0 Å². The molecule has 2 aromatic carbocycles. The summed E-state index contributed by atoms with van der Waals surface area (Å²) in [6.07, 6.45) is 5.01. The van der Waals surface area contributed by atoms with Crippen LogP contribution in [0.15, 0.2) is 54.6 Å². The Kier molecular flexibility index (Phi) is 5.79. The first-order chi connectivity index (χ1) is 13.7. The number of hydrogen-bond acceptors (Lipinski definition) is 3. The Balaban J connectivity index is 1.52. The maximum Gasteiger partial charge on any atom is 0.241 e. The van der Waals surface area contributed by atoms with Crippen molar-refractivity contribution in [3.63, 3.8) is 0 Å². The van der Waals surface area contributed by atoms with E-state index in [1.54, 1.807) is 0 Å². The van der Waals surface area contributed by atoms with Crippen molar-refractivity contribution in [3.05, 3.63) is 71.3 Å². The molecule has 4 rings (SSSR count). The molecule has 4 nitrogen and oxygen atoms in total. The number of carbonyl (C=O) groups is 1. The van der Waals surface area contributed by atoms with Gasteiger partial charge < -0.3 is 10.1 Å². The number of nitrogens with zero attached hydrogens (tertiary/aromatic N) is 1. The van der Waals surface area contributed by atoms with E-state index in [4.69, 9.17) is 4.74 Å². The molecule has 4 heteroatoms. The van der Waals surface area contributed by atoms with Gasteiger partial charge in [-0.2, -0.15) is 0 Å². The highest BCUT2D eigenvalue weighted by molar-refractivity contribution is 5.88. The number of ether oxygens (including phenoxy) is 1. The SMILES string of the molecule is CN(Cc1ccccc1)C1(C(=O)NC[C@H]2CCCCO2)Cc2ccccc2C1. The third-order valence-electron chi connectivity index (χ3n) is 6.26. The molecular weight excluding hydrogens is 348 g/mol. The van der Waals surface area contributed by atoms with Gasteiger partial charge in [-0.3, -0.25) is 9.69 Å². The number of rotatable bonds is 6. The van der Waals surface area contributed by atoms with Gasteiger partial charge in [-0.25, -0.2) is 0 Å². The second-order valence-corrected chi connectivity index (χ2v) is 8.19. The second-order valence-electron chi connectivity index (χ2n) is 8.19. The standard InChI is InChI=1S/C24H30N2O2/c1-26(18-19-9-3-2-4-10-19)24(15-20-11-5-6-12-21(20)16-24)23(27)25-17-22-13-7-8-14-28-22/h2-6,9-12,22H,7-8,13-18H2,1H3,(H,25,27)/t22-/m1/s1. The number of carbonyl (C=O) groups excluding carboxylic acids is 1. The van der Waals surface area contributed by atoms with Crippen molar-refractivity contribution < 1.29 is 9.53 Å². The minimum absolute atomic E-state index is 0.122. The summed E-state index contributed by atoms with van der Waals surface area (Å²) in [7, 11) is 2.08. The summed E-state index contributed by atoms with van der Waals surface area (Å²) in [4.78, 5) is 15.7. The van der Waals surface area contributed by atoms with Crippen LogP contribution in [0.2, 0.25) is 0 Å². The minimum atomic E-state index is -0.547. The monoisotopic (exact) mass is 378 g/mol. The molecule has 0 aromatic heterocycles. The Morgan fingerprint density at radius 2 is 1.75 bits per heavy atom. The van der Waals surface area contributed by atoms with Gasteiger partial charge in [-0.15, -0.1) is 0 Å². The molecule has 2 aromatic rings. The maximum atomic E-state index is 13.5. The van der Waals surface area contributed by atoms with Crippen LogP contribution >= 0.6 is 0 Å². The van der Waals surface area contributed by atoms with Crippen molar-refractivity contribution in [2.75, 3.05) is 20.2 Å². The van der Waals surface area contributed by atoms with Gasteiger partial charge in [0.25, 0.3) is 0 Å². The van der Waals surface area contributed by atoms with Crippen molar-refractivity contribution in [1.82, 2.24) is 10.2 Å². The van der Waals surface area contributed by atoms with Crippen LogP contribution in [0, 0.1) is 0 Å². The van der Waals surface area contributed by atoms with Gasteiger partial charge in [-0.05, 0) is 43.0 Å². The van der Waals surface area contributed by atoms with Crippen LogP contribution in [0.5, 0.6) is 0 Å². The Morgan fingerprint density at radius 1 is 1.07 bits per heavy atom. The predicted octanol–water partition coefficient (Wildman–Crippen LogP) is 3.34. The van der Waals surface area contributed by atoms with Gasteiger partial charge in [-0.1, -0.05) is 54.6 Å². The molecule has 1 heterocycles. The molecule has 1 N–H and O–H groups in total. The topological polar surface area (TPSA) is 41.6 Å². The maximum absolute atomic E-state index is 13.5. The fourth-order valence-electron chi connectivity index (χ4n) is 4.55. The number of amides is 1. The number of benzene rings is 2. The van der Waals surface area contributed by atoms with Gasteiger partial charge in [0.1, 0.15) is 5.54 Å². The smallest absolute Gasteiger partial charge is 0.241 e. The van der Waals surface area contributed by atoms with Crippen molar-refractivity contribution in [2.24, 2.45) is 0 Å². The predicted molar refractivity (Wildman–Crippen MR) is 111 cm³/mol. The van der Waals surface area contributed by atoms with Crippen LogP contribution in [0.1, 0.15) is 36.0 Å². The lowest BCUT2D eigenvalue weighted by atomic mass is 9.91. The van der Waals surface area contributed by atoms with Crippen molar-refractivity contribution >= 4 is 5.91 Å². The quantitative estimate of drug-likeness (QED) is 0.838. The molecule has 0 spiro atoms. The molecule has 1 amide bonds. The lowest BCUT2D eigenvalue weighted by molar-refractivity contribution is -0.133. The Labute approximate surface area is 167 Å². The fourth-order valence-corrected chi connectivity index (χ4v) is 4.55. The molecular formula is C24H30N2O2. The molecule has 1 fully saturated rings. The third-order valence-corrected chi connectivity index (χ3v) is 6.26. The van der Waals surface area contributed by atoms with Crippen LogP contribution in [0.4, 0.5) is 0 Å². The molecule has 1 atom stereocenters. The van der Waals surface area contributed by atoms with Crippen LogP contribution in [0.25, 0.3) is 0 Å². The van der Waals surface area contributed by atoms with E-state index in [9.17, 15) is 4.79 Å². The minimum Gasteiger partial charge on any atom is -0.376 e. The van der Waals surface area contributed by atoms with Crippen LogP contribution < -0.4 is 5.32 Å². The molecule has 1 saturated heterocycles. The van der Waals surface area contributed by atoms with Crippen molar-refractivity contribution in [3.8, 4) is 0 Å². The third kappa shape index (κ3) is 3.98. The molecule has 0 radical (unpaired) electrons. The Bertz CT molecular complexity index is 774. The summed E-state index contributed by atoms with van der Waals surface area (Å²) in [5, 5.41) is 3.23. The lowest BCUT2D eigenvalue weighted by Crippen LogP contribution is -2.59. The number of hydrogen-bond donors (Lipinski definition) is 1. The first-order valence-corrected chi connectivity index (χ1v) is 10.4. The molecule has 1 aliphatic carbocycles. The average molecular weight is 379 g/mol. The summed E-state index contributed by atoms with van der Waals surface area (Å²) >= 11 is 0. The zero-order valence-corrected chi connectivity index (χ0v) is 16.7. The average Bonchev–Trinajstić information content (AvgIpc) is 3.14. The van der Waals surface area contributed by atoms with E-state index in [2.05, 4.69) is 65.8 Å². The van der Waals surface area contributed by atoms with E-state index in [0.29, 0.717) is 6.54 Å². The number of likely N-dealkylation sites (N-methyl/N-ethyl adjacent to an activating group) is 1. The van der Waals surface area contributed by atoms with E-state index in [1.165, 1.54) is 23.1 Å². The van der Waals surface area contributed by atoms with Crippen molar-refractivity contribution in [1.29, 1.82) is 0 Å². The molecule has 0 bridgehead atoms. The summed E-state index contributed by atoms with van der Waals surface area (Å²) in [5.41, 5.74) is 3.25. The molecule has 148 valence electrons. The summed E-state index contributed by atoms with van der Waals surface area (Å²) in [6.45, 7) is 2.17. The van der Waals surface area contributed by atoms with E-state index < -0.39 is 5.54 Å². The molecule has 2 aliphatic rings. The zero-order valence-electron chi connectivity index (χ0n) is 16.7. The van der Waals surface area contributed by atoms with E-state index in [0.717, 1.165) is 38.8 Å². The zero-order chi connectivity index (χ0) is 19.4. The highest BCUT2D eigenvalue weighted by Crippen LogP contribution is 2.35. The second kappa shape index (κ2) is 8.46. The lowest BCUT2D eigenvalue weighted by Gasteiger charge is -2.38. The summed E-state index contributed by atoms with van der Waals surface area (Å²) < 4.78 is 5.81. The van der Waals surface area contributed by atoms with Crippen LogP contribution in [-0.4, -0.2) is 42.6 Å². The fraction of sp³-hybridized carbons (Fsp3) is 0.458. The highest BCUT2D eigenvalue weighted by atomic mass is 16.5. The van der Waals surface area contributed by atoms with E-state index in [-0.39, 0.29) is 12.0 Å². The van der Waals surface area contributed by atoms with Gasteiger partial charge in [0.15, 0.2) is 0 Å². The normalized spacial score (nSPS) is 20.7. The van der Waals surface area contributed by atoms with Gasteiger partial charge in [0, 0.05) is 32.5 Å². The first kappa shape index (κ1) is 19.2. The molecule has 1 aliphatic heterocycles. The number of fused-ring (bicyclic) bond motifs is 1. The molecule has 0 unspecified atom stereocenters. The summed E-state index contributed by atoms with van der Waals surface area (Å²) in [6, 6.07) is 18.8. The molecule has 0 saturated carbocycles. The van der Waals surface area contributed by atoms with Gasteiger partial charge in [0.05, 0.1) is 6.10 Å². The van der Waals surface area contributed by atoms with Crippen LogP contribution in [-0.2, 0) is 28.9 Å². The Hall–Kier alpha value is -2.17. The largest absolute Gasteiger partial charge is 0.376 e. The Morgan fingerprint density at radius 3 is 2.39 bits per heavy atom. The first-order valence-electron chi connectivity index (χ1n) is 10.4. The van der Waals surface area contributed by atoms with Gasteiger partial charge in [0.2, 0.25) is 5.91 Å². The number of nitrogens with one attached hydrogen (secondary N) is 1.